The van der Waals surface area contributed by atoms with E-state index in [1.54, 1.807) is 6.20 Å². The van der Waals surface area contributed by atoms with Crippen LogP contribution in [0.2, 0.25) is 0 Å². The summed E-state index contributed by atoms with van der Waals surface area (Å²) < 4.78 is 0. The Hall–Kier alpha value is -2.75. The van der Waals surface area contributed by atoms with Crippen LogP contribution in [0.5, 0.6) is 0 Å². The average Bonchev–Trinajstić information content (AvgIpc) is 2.56. The summed E-state index contributed by atoms with van der Waals surface area (Å²) >= 11 is 0. The van der Waals surface area contributed by atoms with Gasteiger partial charge in [0, 0.05) is 6.07 Å². The zero-order valence-electron chi connectivity index (χ0n) is 11.6. The first-order valence-corrected chi connectivity index (χ1v) is 6.88. The molecule has 2 aromatic rings. The molecule has 0 spiro atoms. The summed E-state index contributed by atoms with van der Waals surface area (Å²) in [5, 5.41) is 14.8. The summed E-state index contributed by atoms with van der Waals surface area (Å²) in [7, 11) is 0. The first-order chi connectivity index (χ1) is 10.4. The molecule has 0 saturated heterocycles. The fraction of sp³-hybridized carbons (Fsp3) is 0.118. The summed E-state index contributed by atoms with van der Waals surface area (Å²) in [5.41, 5.74) is 0.878. The van der Waals surface area contributed by atoms with E-state index >= 15 is 0 Å². The Balaban J connectivity index is 1.86. The van der Waals surface area contributed by atoms with Crippen molar-refractivity contribution in [1.82, 2.24) is 15.4 Å². The van der Waals surface area contributed by atoms with Crippen molar-refractivity contribution in [3.8, 4) is 0 Å². The third kappa shape index (κ3) is 3.42. The van der Waals surface area contributed by atoms with E-state index in [-0.39, 0.29) is 5.54 Å². The lowest BCUT2D eigenvalue weighted by Gasteiger charge is -2.29. The maximum Gasteiger partial charge on any atom is 0.152 e. The van der Waals surface area contributed by atoms with Crippen LogP contribution in [0.4, 0.5) is 5.82 Å². The second-order valence-corrected chi connectivity index (χ2v) is 4.91. The molecular weight excluding hydrogens is 260 g/mol. The zero-order chi connectivity index (χ0) is 14.4. The first-order valence-electron chi connectivity index (χ1n) is 6.88. The molecule has 0 saturated carbocycles. The minimum Gasteiger partial charge on any atom is -0.356 e. The molecule has 0 aliphatic heterocycles. The quantitative estimate of drug-likeness (QED) is 0.931. The van der Waals surface area contributed by atoms with Crippen molar-refractivity contribution in [2.75, 3.05) is 5.32 Å². The normalized spacial score (nSPS) is 20.8. The molecular formula is C17H16N4. The van der Waals surface area contributed by atoms with Gasteiger partial charge >= 0.3 is 0 Å². The summed E-state index contributed by atoms with van der Waals surface area (Å²) in [6, 6.07) is 12.1. The molecule has 1 aliphatic rings. The molecule has 104 valence electrons. The maximum atomic E-state index is 4.01. The van der Waals surface area contributed by atoms with Crippen LogP contribution in [0, 0.1) is 0 Å². The second kappa shape index (κ2) is 6.13. The number of benzene rings is 1. The number of rotatable bonds is 4. The number of hydrogen-bond acceptors (Lipinski definition) is 4. The average molecular weight is 276 g/mol. The van der Waals surface area contributed by atoms with E-state index < -0.39 is 0 Å². The van der Waals surface area contributed by atoms with Crippen LogP contribution in [0.1, 0.15) is 12.0 Å². The van der Waals surface area contributed by atoms with Crippen LogP contribution in [0.3, 0.4) is 0 Å². The summed E-state index contributed by atoms with van der Waals surface area (Å²) in [6.07, 6.45) is 15.1. The molecule has 1 atom stereocenters. The van der Waals surface area contributed by atoms with Gasteiger partial charge in [0.1, 0.15) is 0 Å². The molecule has 1 unspecified atom stereocenters. The van der Waals surface area contributed by atoms with Crippen molar-refractivity contribution in [2.45, 2.75) is 12.0 Å². The van der Waals surface area contributed by atoms with E-state index in [0.29, 0.717) is 5.82 Å². The smallest absolute Gasteiger partial charge is 0.152 e. The lowest BCUT2D eigenvalue weighted by Crippen LogP contribution is -2.34. The SMILES string of the molecule is C1=CCC(C=Cc2ccccc2)(Nc2ccnnn2)C=C1. The summed E-state index contributed by atoms with van der Waals surface area (Å²) in [5.74, 6) is 0.711. The Morgan fingerprint density at radius 3 is 2.71 bits per heavy atom. The van der Waals surface area contributed by atoms with Gasteiger partial charge in [-0.1, -0.05) is 66.8 Å². The number of anilines is 1. The minimum absolute atomic E-state index is 0.291. The van der Waals surface area contributed by atoms with Crippen LogP contribution in [0.25, 0.3) is 6.08 Å². The van der Waals surface area contributed by atoms with Gasteiger partial charge in [-0.3, -0.25) is 0 Å². The molecule has 1 aromatic carbocycles. The van der Waals surface area contributed by atoms with E-state index in [1.165, 1.54) is 5.56 Å². The van der Waals surface area contributed by atoms with Gasteiger partial charge in [-0.2, -0.15) is 0 Å². The summed E-state index contributed by atoms with van der Waals surface area (Å²) in [6.45, 7) is 0. The van der Waals surface area contributed by atoms with E-state index in [2.05, 4.69) is 63.2 Å². The van der Waals surface area contributed by atoms with Crippen LogP contribution in [0.15, 0.2) is 73.0 Å². The number of hydrogen-bond donors (Lipinski definition) is 1. The molecule has 0 bridgehead atoms. The van der Waals surface area contributed by atoms with Gasteiger partial charge in [0.2, 0.25) is 0 Å². The fourth-order valence-corrected chi connectivity index (χ4v) is 2.25. The number of nitrogens with zero attached hydrogens (tertiary/aromatic N) is 3. The maximum absolute atomic E-state index is 4.01. The van der Waals surface area contributed by atoms with Gasteiger partial charge in [-0.05, 0) is 17.2 Å². The Labute approximate surface area is 123 Å². The fourth-order valence-electron chi connectivity index (χ4n) is 2.25. The highest BCUT2D eigenvalue weighted by Crippen LogP contribution is 2.25. The standard InChI is InChI=1S/C17H16N4/c1-3-7-15(8-4-1)9-13-17(11-5-2-6-12-17)19-16-10-14-18-21-20-16/h1-11,13-14H,12H2,(H,18,19,20). The number of nitrogens with one attached hydrogen (secondary N) is 1. The molecule has 1 N–H and O–H groups in total. The molecule has 4 heteroatoms. The Kier molecular flexibility index (Phi) is 3.87. The van der Waals surface area contributed by atoms with Crippen LogP contribution in [-0.2, 0) is 0 Å². The minimum atomic E-state index is -0.291. The monoisotopic (exact) mass is 276 g/mol. The molecule has 1 aromatic heterocycles. The second-order valence-electron chi connectivity index (χ2n) is 4.91. The largest absolute Gasteiger partial charge is 0.356 e. The van der Waals surface area contributed by atoms with Gasteiger partial charge in [-0.25, -0.2) is 0 Å². The topological polar surface area (TPSA) is 50.7 Å². The first kappa shape index (κ1) is 13.2. The Morgan fingerprint density at radius 2 is 2.00 bits per heavy atom. The molecule has 0 fully saturated rings. The van der Waals surface area contributed by atoms with Gasteiger partial charge < -0.3 is 5.32 Å². The lowest BCUT2D eigenvalue weighted by molar-refractivity contribution is 0.704. The molecule has 3 rings (SSSR count). The van der Waals surface area contributed by atoms with Crippen LogP contribution < -0.4 is 5.32 Å². The van der Waals surface area contributed by atoms with Gasteiger partial charge in [0.25, 0.3) is 0 Å². The zero-order valence-corrected chi connectivity index (χ0v) is 11.6. The van der Waals surface area contributed by atoms with E-state index in [0.717, 1.165) is 6.42 Å². The highest BCUT2D eigenvalue weighted by atomic mass is 15.3. The third-order valence-electron chi connectivity index (χ3n) is 3.33. The predicted molar refractivity (Wildman–Crippen MR) is 84.6 cm³/mol. The molecule has 1 aliphatic carbocycles. The molecule has 4 nitrogen and oxygen atoms in total. The van der Waals surface area contributed by atoms with E-state index in [9.17, 15) is 0 Å². The van der Waals surface area contributed by atoms with Crippen molar-refractivity contribution >= 4 is 11.9 Å². The van der Waals surface area contributed by atoms with Crippen molar-refractivity contribution in [3.63, 3.8) is 0 Å². The van der Waals surface area contributed by atoms with E-state index in [4.69, 9.17) is 0 Å². The Morgan fingerprint density at radius 1 is 1.10 bits per heavy atom. The molecule has 1 heterocycles. The predicted octanol–water partition coefficient (Wildman–Crippen LogP) is 3.25. The van der Waals surface area contributed by atoms with Crippen molar-refractivity contribution in [2.24, 2.45) is 0 Å². The Bertz CT molecular complexity index is 662. The van der Waals surface area contributed by atoms with Crippen molar-refractivity contribution in [1.29, 1.82) is 0 Å². The molecule has 0 radical (unpaired) electrons. The van der Waals surface area contributed by atoms with Gasteiger partial charge in [0.05, 0.1) is 11.7 Å². The van der Waals surface area contributed by atoms with E-state index in [1.807, 2.05) is 30.3 Å². The van der Waals surface area contributed by atoms with Gasteiger partial charge in [0.15, 0.2) is 5.82 Å². The van der Waals surface area contributed by atoms with Crippen LogP contribution >= 0.6 is 0 Å². The highest BCUT2D eigenvalue weighted by Gasteiger charge is 2.24. The lowest BCUT2D eigenvalue weighted by atomic mass is 9.90. The van der Waals surface area contributed by atoms with Crippen molar-refractivity contribution < 1.29 is 0 Å². The molecule has 21 heavy (non-hydrogen) atoms. The molecule has 0 amide bonds. The number of allylic oxidation sites excluding steroid dienone is 2. The third-order valence-corrected chi connectivity index (χ3v) is 3.33. The highest BCUT2D eigenvalue weighted by molar-refractivity contribution is 5.55. The van der Waals surface area contributed by atoms with Crippen LogP contribution in [-0.4, -0.2) is 20.9 Å². The summed E-state index contributed by atoms with van der Waals surface area (Å²) in [4.78, 5) is 0. The van der Waals surface area contributed by atoms with Gasteiger partial charge in [-0.15, -0.1) is 10.2 Å². The van der Waals surface area contributed by atoms with Crippen molar-refractivity contribution in [3.05, 3.63) is 78.5 Å². The number of aromatic nitrogens is 3.